The number of nitro benzene ring substituents is 1. The Morgan fingerprint density at radius 3 is 2.35 bits per heavy atom. The summed E-state index contributed by atoms with van der Waals surface area (Å²) in [5.74, 6) is 0.364. The van der Waals surface area contributed by atoms with Crippen molar-refractivity contribution < 1.29 is 9.66 Å². The predicted molar refractivity (Wildman–Crippen MR) is 78.9 cm³/mol. The first-order chi connectivity index (χ1) is 9.47. The minimum atomic E-state index is -0.519. The van der Waals surface area contributed by atoms with E-state index in [1.807, 2.05) is 0 Å². The van der Waals surface area contributed by atoms with Gasteiger partial charge < -0.3 is 4.74 Å². The molecule has 0 radical (unpaired) electrons. The van der Waals surface area contributed by atoms with E-state index in [0.29, 0.717) is 15.8 Å². The second-order valence-corrected chi connectivity index (χ2v) is 5.13. The van der Waals surface area contributed by atoms with Crippen LogP contribution in [0.15, 0.2) is 36.4 Å². The van der Waals surface area contributed by atoms with Gasteiger partial charge in [0.15, 0.2) is 0 Å². The van der Waals surface area contributed by atoms with Crippen LogP contribution in [0.5, 0.6) is 5.75 Å². The summed E-state index contributed by atoms with van der Waals surface area (Å²) in [5.41, 5.74) is 0.728. The van der Waals surface area contributed by atoms with Crippen molar-refractivity contribution in [3.05, 3.63) is 67.1 Å². The van der Waals surface area contributed by atoms with Gasteiger partial charge >= 0.3 is 0 Å². The highest BCUT2D eigenvalue weighted by atomic mass is 35.5. The molecule has 0 fully saturated rings. The molecule has 0 saturated heterocycles. The molecule has 104 valence electrons. The summed E-state index contributed by atoms with van der Waals surface area (Å²) in [4.78, 5) is 10.1. The summed E-state index contributed by atoms with van der Waals surface area (Å²) < 4.78 is 5.50. The maximum Gasteiger partial charge on any atom is 0.271 e. The highest BCUT2D eigenvalue weighted by molar-refractivity contribution is 6.42. The number of rotatable bonds is 4. The van der Waals surface area contributed by atoms with E-state index < -0.39 is 4.92 Å². The Labute approximate surface area is 130 Å². The average Bonchev–Trinajstić information content (AvgIpc) is 2.41. The van der Waals surface area contributed by atoms with Gasteiger partial charge in [0.25, 0.3) is 5.69 Å². The van der Waals surface area contributed by atoms with Crippen LogP contribution in [-0.4, -0.2) is 4.92 Å². The van der Waals surface area contributed by atoms with Crippen molar-refractivity contribution >= 4 is 40.5 Å². The third-order valence-corrected chi connectivity index (χ3v) is 3.54. The second-order valence-electron chi connectivity index (χ2n) is 3.91. The molecular formula is C13H8Cl3NO3. The fraction of sp³-hybridized carbons (Fsp3) is 0.0769. The lowest BCUT2D eigenvalue weighted by Gasteiger charge is -2.08. The third-order valence-electron chi connectivity index (χ3n) is 2.50. The SMILES string of the molecule is O=[N+]([O-])c1ccc(OCc2ccc(Cl)c(Cl)c2)c(Cl)c1. The van der Waals surface area contributed by atoms with E-state index in [0.717, 1.165) is 5.56 Å². The molecule has 0 N–H and O–H groups in total. The molecule has 20 heavy (non-hydrogen) atoms. The van der Waals surface area contributed by atoms with Crippen molar-refractivity contribution in [1.82, 2.24) is 0 Å². The van der Waals surface area contributed by atoms with Crippen LogP contribution in [0.25, 0.3) is 0 Å². The number of nitrogens with zero attached hydrogens (tertiary/aromatic N) is 1. The zero-order valence-corrected chi connectivity index (χ0v) is 12.2. The third kappa shape index (κ3) is 3.54. The van der Waals surface area contributed by atoms with Gasteiger partial charge in [0, 0.05) is 12.1 Å². The van der Waals surface area contributed by atoms with Gasteiger partial charge in [0.1, 0.15) is 12.4 Å². The summed E-state index contributed by atoms with van der Waals surface area (Å²) in [7, 11) is 0. The van der Waals surface area contributed by atoms with Gasteiger partial charge in [-0.15, -0.1) is 0 Å². The summed E-state index contributed by atoms with van der Waals surface area (Å²) >= 11 is 17.6. The highest BCUT2D eigenvalue weighted by Crippen LogP contribution is 2.30. The van der Waals surface area contributed by atoms with E-state index in [1.165, 1.54) is 18.2 Å². The van der Waals surface area contributed by atoms with Gasteiger partial charge in [0.2, 0.25) is 0 Å². The standard InChI is InChI=1S/C13H8Cl3NO3/c14-10-3-1-8(5-11(10)15)7-20-13-4-2-9(17(18)19)6-12(13)16/h1-6H,7H2. The van der Waals surface area contributed by atoms with Crippen molar-refractivity contribution in [2.75, 3.05) is 0 Å². The molecule has 0 aromatic heterocycles. The van der Waals surface area contributed by atoms with Crippen molar-refractivity contribution in [3.8, 4) is 5.75 Å². The van der Waals surface area contributed by atoms with Crippen LogP contribution in [0.1, 0.15) is 5.56 Å². The van der Waals surface area contributed by atoms with Crippen LogP contribution in [0.2, 0.25) is 15.1 Å². The van der Waals surface area contributed by atoms with E-state index in [2.05, 4.69) is 0 Å². The minimum absolute atomic E-state index is 0.0862. The Morgan fingerprint density at radius 2 is 1.75 bits per heavy atom. The first-order valence-electron chi connectivity index (χ1n) is 5.48. The van der Waals surface area contributed by atoms with Gasteiger partial charge in [-0.25, -0.2) is 0 Å². The Hall–Kier alpha value is -1.49. The monoisotopic (exact) mass is 331 g/mol. The molecule has 4 nitrogen and oxygen atoms in total. The molecule has 0 atom stereocenters. The Kier molecular flexibility index (Phi) is 4.70. The normalized spacial score (nSPS) is 10.3. The van der Waals surface area contributed by atoms with Crippen molar-refractivity contribution in [2.24, 2.45) is 0 Å². The lowest BCUT2D eigenvalue weighted by molar-refractivity contribution is -0.384. The van der Waals surface area contributed by atoms with E-state index >= 15 is 0 Å². The fourth-order valence-electron chi connectivity index (χ4n) is 1.51. The molecule has 0 spiro atoms. The van der Waals surface area contributed by atoms with E-state index in [9.17, 15) is 10.1 Å². The number of nitro groups is 1. The molecule has 0 aliphatic rings. The van der Waals surface area contributed by atoms with Crippen LogP contribution in [0, 0.1) is 10.1 Å². The summed E-state index contributed by atoms with van der Waals surface area (Å²) in [6, 6.07) is 9.15. The predicted octanol–water partition coefficient (Wildman–Crippen LogP) is 5.13. The Morgan fingerprint density at radius 1 is 1.00 bits per heavy atom. The lowest BCUT2D eigenvalue weighted by atomic mass is 10.2. The largest absolute Gasteiger partial charge is 0.487 e. The molecule has 0 heterocycles. The van der Waals surface area contributed by atoms with Crippen LogP contribution >= 0.6 is 34.8 Å². The quantitative estimate of drug-likeness (QED) is 0.576. The molecule has 0 aliphatic carbocycles. The van der Waals surface area contributed by atoms with Crippen LogP contribution in [0.4, 0.5) is 5.69 Å². The van der Waals surface area contributed by atoms with Crippen molar-refractivity contribution in [1.29, 1.82) is 0 Å². The number of non-ortho nitro benzene ring substituents is 1. The van der Waals surface area contributed by atoms with Gasteiger partial charge in [-0.1, -0.05) is 40.9 Å². The number of ether oxygens (including phenoxy) is 1. The molecule has 2 rings (SSSR count). The molecule has 0 bridgehead atoms. The van der Waals surface area contributed by atoms with Crippen molar-refractivity contribution in [3.63, 3.8) is 0 Å². The topological polar surface area (TPSA) is 52.4 Å². The zero-order valence-electron chi connectivity index (χ0n) is 9.98. The molecule has 0 saturated carbocycles. The van der Waals surface area contributed by atoms with E-state index in [-0.39, 0.29) is 17.3 Å². The zero-order chi connectivity index (χ0) is 14.7. The Bertz CT molecular complexity index is 661. The molecular weight excluding hydrogens is 325 g/mol. The lowest BCUT2D eigenvalue weighted by Crippen LogP contribution is -1.97. The van der Waals surface area contributed by atoms with E-state index in [1.54, 1.807) is 18.2 Å². The average molecular weight is 333 g/mol. The maximum absolute atomic E-state index is 10.6. The van der Waals surface area contributed by atoms with Crippen molar-refractivity contribution in [2.45, 2.75) is 6.61 Å². The summed E-state index contributed by atoms with van der Waals surface area (Å²) in [5, 5.41) is 11.7. The molecule has 0 unspecified atom stereocenters. The highest BCUT2D eigenvalue weighted by Gasteiger charge is 2.10. The minimum Gasteiger partial charge on any atom is -0.487 e. The first kappa shape index (κ1) is 14.9. The number of hydrogen-bond donors (Lipinski definition) is 0. The smallest absolute Gasteiger partial charge is 0.271 e. The van der Waals surface area contributed by atoms with Gasteiger partial charge in [-0.3, -0.25) is 10.1 Å². The number of hydrogen-bond acceptors (Lipinski definition) is 3. The second kappa shape index (κ2) is 6.31. The molecule has 2 aromatic carbocycles. The van der Waals surface area contributed by atoms with Crippen LogP contribution in [-0.2, 0) is 6.61 Å². The fourth-order valence-corrected chi connectivity index (χ4v) is 2.06. The van der Waals surface area contributed by atoms with E-state index in [4.69, 9.17) is 39.5 Å². The summed E-state index contributed by atoms with van der Waals surface area (Å²) in [6.45, 7) is 0.231. The van der Waals surface area contributed by atoms with Crippen LogP contribution in [0.3, 0.4) is 0 Å². The Balaban J connectivity index is 2.10. The number of benzene rings is 2. The molecule has 7 heteroatoms. The maximum atomic E-state index is 10.6. The summed E-state index contributed by atoms with van der Waals surface area (Å²) in [6.07, 6.45) is 0. The number of halogens is 3. The van der Waals surface area contributed by atoms with Gasteiger partial charge in [0.05, 0.1) is 20.0 Å². The molecule has 0 amide bonds. The van der Waals surface area contributed by atoms with Gasteiger partial charge in [-0.05, 0) is 23.8 Å². The van der Waals surface area contributed by atoms with Crippen LogP contribution < -0.4 is 4.74 Å². The van der Waals surface area contributed by atoms with Gasteiger partial charge in [-0.2, -0.15) is 0 Å². The first-order valence-corrected chi connectivity index (χ1v) is 6.61. The molecule has 0 aliphatic heterocycles. The molecule has 2 aromatic rings.